The molecule has 0 fully saturated rings. The van der Waals surface area contributed by atoms with E-state index in [0.717, 1.165) is 35.3 Å². The maximum atomic E-state index is 12.4. The van der Waals surface area contributed by atoms with E-state index in [4.69, 9.17) is 9.15 Å². The fraction of sp³-hybridized carbons (Fsp3) is 0.286. The molecule has 0 saturated carbocycles. The molecular formula is C21H23N3O3. The zero-order chi connectivity index (χ0) is 19.2. The van der Waals surface area contributed by atoms with E-state index in [1.54, 1.807) is 24.3 Å². The number of rotatable bonds is 7. The molecule has 0 aliphatic carbocycles. The van der Waals surface area contributed by atoms with Crippen LogP contribution in [0.1, 0.15) is 41.3 Å². The Morgan fingerprint density at radius 1 is 1.11 bits per heavy atom. The van der Waals surface area contributed by atoms with Crippen molar-refractivity contribution < 1.29 is 13.9 Å². The number of anilines is 1. The first-order valence-corrected chi connectivity index (χ1v) is 9.02. The Labute approximate surface area is 158 Å². The first-order chi connectivity index (χ1) is 13.1. The molecule has 0 saturated heterocycles. The molecule has 1 N–H and O–H groups in total. The largest absolute Gasteiger partial charge is 0.494 e. The number of aromatic nitrogens is 2. The SMILES string of the molecule is CCCCOc1ccc(C(=O)Nc2nnc(-c3cc(C)ccc3C)o2)cc1. The summed E-state index contributed by atoms with van der Waals surface area (Å²) in [7, 11) is 0. The first kappa shape index (κ1) is 18.6. The fourth-order valence-corrected chi connectivity index (χ4v) is 2.56. The van der Waals surface area contributed by atoms with Crippen molar-refractivity contribution >= 4 is 11.9 Å². The summed E-state index contributed by atoms with van der Waals surface area (Å²) in [4.78, 5) is 12.4. The molecule has 140 valence electrons. The molecule has 2 aromatic carbocycles. The van der Waals surface area contributed by atoms with Gasteiger partial charge in [0.2, 0.25) is 5.89 Å². The molecule has 6 nitrogen and oxygen atoms in total. The third-order valence-electron chi connectivity index (χ3n) is 4.15. The maximum Gasteiger partial charge on any atom is 0.322 e. The van der Waals surface area contributed by atoms with Gasteiger partial charge in [-0.1, -0.05) is 36.1 Å². The number of carbonyl (C=O) groups is 1. The number of nitrogens with one attached hydrogen (secondary N) is 1. The van der Waals surface area contributed by atoms with Crippen molar-refractivity contribution in [1.29, 1.82) is 0 Å². The number of nitrogens with zero attached hydrogens (tertiary/aromatic N) is 2. The highest BCUT2D eigenvalue weighted by atomic mass is 16.5. The number of hydrogen-bond donors (Lipinski definition) is 1. The highest BCUT2D eigenvalue weighted by Crippen LogP contribution is 2.25. The van der Waals surface area contributed by atoms with Crippen molar-refractivity contribution in [2.24, 2.45) is 0 Å². The minimum Gasteiger partial charge on any atom is -0.494 e. The topological polar surface area (TPSA) is 77.2 Å². The molecule has 6 heteroatoms. The summed E-state index contributed by atoms with van der Waals surface area (Å²) >= 11 is 0. The predicted octanol–water partition coefficient (Wildman–Crippen LogP) is 4.78. The highest BCUT2D eigenvalue weighted by Gasteiger charge is 2.14. The van der Waals surface area contributed by atoms with Crippen molar-refractivity contribution in [2.75, 3.05) is 11.9 Å². The van der Waals surface area contributed by atoms with Crippen LogP contribution in [-0.2, 0) is 0 Å². The van der Waals surface area contributed by atoms with Crippen molar-refractivity contribution in [3.05, 3.63) is 59.2 Å². The van der Waals surface area contributed by atoms with Gasteiger partial charge in [0.1, 0.15) is 5.75 Å². The van der Waals surface area contributed by atoms with Gasteiger partial charge in [0.25, 0.3) is 5.91 Å². The molecule has 27 heavy (non-hydrogen) atoms. The van der Waals surface area contributed by atoms with Crippen LogP contribution in [-0.4, -0.2) is 22.7 Å². The van der Waals surface area contributed by atoms with Crippen LogP contribution < -0.4 is 10.1 Å². The van der Waals surface area contributed by atoms with E-state index in [-0.39, 0.29) is 11.9 Å². The number of hydrogen-bond acceptors (Lipinski definition) is 5. The van der Waals surface area contributed by atoms with Crippen LogP contribution in [0, 0.1) is 13.8 Å². The minimum absolute atomic E-state index is 0.0687. The Morgan fingerprint density at radius 2 is 1.89 bits per heavy atom. The summed E-state index contributed by atoms with van der Waals surface area (Å²) in [5.41, 5.74) is 3.47. The monoisotopic (exact) mass is 365 g/mol. The lowest BCUT2D eigenvalue weighted by atomic mass is 10.1. The second-order valence-corrected chi connectivity index (χ2v) is 6.41. The smallest absolute Gasteiger partial charge is 0.322 e. The van der Waals surface area contributed by atoms with E-state index >= 15 is 0 Å². The van der Waals surface area contributed by atoms with Gasteiger partial charge in [0.15, 0.2) is 0 Å². The Morgan fingerprint density at radius 3 is 2.63 bits per heavy atom. The second-order valence-electron chi connectivity index (χ2n) is 6.41. The fourth-order valence-electron chi connectivity index (χ4n) is 2.56. The summed E-state index contributed by atoms with van der Waals surface area (Å²) in [5, 5.41) is 10.6. The van der Waals surface area contributed by atoms with Crippen LogP contribution in [0.5, 0.6) is 5.75 Å². The first-order valence-electron chi connectivity index (χ1n) is 9.02. The molecule has 1 heterocycles. The standard InChI is InChI=1S/C21H23N3O3/c1-4-5-12-26-17-10-8-16(9-11-17)19(25)22-21-24-23-20(27-21)18-13-14(2)6-7-15(18)3/h6-11,13H,4-5,12H2,1-3H3,(H,22,24,25). The quantitative estimate of drug-likeness (QED) is 0.609. The Kier molecular flexibility index (Phi) is 5.86. The maximum absolute atomic E-state index is 12.4. The average molecular weight is 365 g/mol. The molecule has 0 aliphatic heterocycles. The van der Waals surface area contributed by atoms with E-state index in [9.17, 15) is 4.79 Å². The normalized spacial score (nSPS) is 10.6. The molecule has 0 radical (unpaired) electrons. The lowest BCUT2D eigenvalue weighted by Crippen LogP contribution is -2.12. The predicted molar refractivity (Wildman–Crippen MR) is 104 cm³/mol. The third-order valence-corrected chi connectivity index (χ3v) is 4.15. The van der Waals surface area contributed by atoms with Crippen molar-refractivity contribution in [3.8, 4) is 17.2 Å². The molecule has 3 aromatic rings. The number of benzene rings is 2. The van der Waals surface area contributed by atoms with Crippen LogP contribution in [0.4, 0.5) is 6.01 Å². The Balaban J connectivity index is 1.66. The third kappa shape index (κ3) is 4.73. The van der Waals surface area contributed by atoms with Crippen LogP contribution >= 0.6 is 0 Å². The summed E-state index contributed by atoms with van der Waals surface area (Å²) in [6, 6.07) is 13.0. The van der Waals surface area contributed by atoms with Gasteiger partial charge in [0.05, 0.1) is 6.61 Å². The number of carbonyl (C=O) groups excluding carboxylic acids is 1. The molecule has 1 aromatic heterocycles. The van der Waals surface area contributed by atoms with Gasteiger partial charge in [-0.2, -0.15) is 0 Å². The molecule has 0 spiro atoms. The molecule has 0 atom stereocenters. The van der Waals surface area contributed by atoms with Gasteiger partial charge in [0, 0.05) is 11.1 Å². The average Bonchev–Trinajstić information content (AvgIpc) is 3.12. The van der Waals surface area contributed by atoms with Gasteiger partial charge < -0.3 is 9.15 Å². The zero-order valence-electron chi connectivity index (χ0n) is 15.8. The van der Waals surface area contributed by atoms with Crippen LogP contribution in [0.3, 0.4) is 0 Å². The number of amides is 1. The molecule has 1 amide bonds. The summed E-state index contributed by atoms with van der Waals surface area (Å²) in [5.74, 6) is 0.812. The summed E-state index contributed by atoms with van der Waals surface area (Å²) in [6.07, 6.45) is 2.08. The lowest BCUT2D eigenvalue weighted by molar-refractivity contribution is 0.102. The molecule has 0 bridgehead atoms. The number of aryl methyl sites for hydroxylation is 2. The lowest BCUT2D eigenvalue weighted by Gasteiger charge is -2.06. The van der Waals surface area contributed by atoms with Gasteiger partial charge in [-0.3, -0.25) is 10.1 Å². The summed E-state index contributed by atoms with van der Waals surface area (Å²) in [6.45, 7) is 6.75. The van der Waals surface area contributed by atoms with Crippen LogP contribution in [0.15, 0.2) is 46.9 Å². The van der Waals surface area contributed by atoms with Gasteiger partial charge in [-0.25, -0.2) is 0 Å². The van der Waals surface area contributed by atoms with Crippen molar-refractivity contribution in [1.82, 2.24) is 10.2 Å². The Bertz CT molecular complexity index is 917. The highest BCUT2D eigenvalue weighted by molar-refractivity contribution is 6.03. The second kappa shape index (κ2) is 8.49. The molecule has 3 rings (SSSR count). The minimum atomic E-state index is -0.314. The van der Waals surface area contributed by atoms with Gasteiger partial charge in [-0.05, 0) is 56.2 Å². The zero-order valence-corrected chi connectivity index (χ0v) is 15.8. The molecular weight excluding hydrogens is 342 g/mol. The van der Waals surface area contributed by atoms with E-state index in [0.29, 0.717) is 18.1 Å². The van der Waals surface area contributed by atoms with E-state index < -0.39 is 0 Å². The van der Waals surface area contributed by atoms with Crippen molar-refractivity contribution in [2.45, 2.75) is 33.6 Å². The van der Waals surface area contributed by atoms with Gasteiger partial charge in [-0.15, -0.1) is 5.10 Å². The Hall–Kier alpha value is -3.15. The number of unbranched alkanes of at least 4 members (excludes halogenated alkanes) is 1. The molecule has 0 aliphatic rings. The van der Waals surface area contributed by atoms with Crippen molar-refractivity contribution in [3.63, 3.8) is 0 Å². The number of ether oxygens (including phenoxy) is 1. The van der Waals surface area contributed by atoms with Gasteiger partial charge >= 0.3 is 6.01 Å². The van der Waals surface area contributed by atoms with E-state index in [1.807, 2.05) is 32.0 Å². The molecule has 0 unspecified atom stereocenters. The van der Waals surface area contributed by atoms with E-state index in [2.05, 4.69) is 22.4 Å². The van der Waals surface area contributed by atoms with Crippen LogP contribution in [0.2, 0.25) is 0 Å². The van der Waals surface area contributed by atoms with Crippen LogP contribution in [0.25, 0.3) is 11.5 Å². The summed E-state index contributed by atoms with van der Waals surface area (Å²) < 4.78 is 11.2. The van der Waals surface area contributed by atoms with E-state index in [1.165, 1.54) is 0 Å².